The van der Waals surface area contributed by atoms with Gasteiger partial charge in [0.1, 0.15) is 24.5 Å². The van der Waals surface area contributed by atoms with E-state index in [2.05, 4.69) is 9.97 Å². The van der Waals surface area contributed by atoms with Gasteiger partial charge in [0.05, 0.1) is 32.2 Å². The molecule has 2 aliphatic rings. The molecule has 0 aliphatic carbocycles. The minimum atomic E-state index is -0.847. The predicted molar refractivity (Wildman–Crippen MR) is 83.6 cm³/mol. The van der Waals surface area contributed by atoms with Crippen molar-refractivity contribution >= 4 is 17.1 Å². The summed E-state index contributed by atoms with van der Waals surface area (Å²) in [5.41, 5.74) is 5.73. The van der Waals surface area contributed by atoms with E-state index >= 15 is 0 Å². The maximum absolute atomic E-state index is 12.6. The lowest BCUT2D eigenvalue weighted by atomic mass is 10.2. The second-order valence-electron chi connectivity index (χ2n) is 6.26. The molecule has 0 radical (unpaired) electrons. The van der Waals surface area contributed by atoms with E-state index in [9.17, 15) is 20.1 Å². The summed E-state index contributed by atoms with van der Waals surface area (Å²) in [4.78, 5) is 20.9. The predicted octanol–water partition coefficient (Wildman–Crippen LogP) is -2.42. The van der Waals surface area contributed by atoms with Gasteiger partial charge in [0.25, 0.3) is 5.56 Å². The van der Waals surface area contributed by atoms with Gasteiger partial charge in [0.15, 0.2) is 11.2 Å². The van der Waals surface area contributed by atoms with Gasteiger partial charge in [-0.3, -0.25) is 13.9 Å². The standard InChI is InChI=1S/C14H19N5O6/c15-14-17-12-11(13(23)18(14)2-7(22)9-4-24-9)16-5-19(12)10-1-6(21)8(3-20)25-10/h5-10,20-22H,1-4H2,(H2,15,17)/t6?,7?,8-,9?,10-/m1/s1. The minimum Gasteiger partial charge on any atom is -0.394 e. The number of nitrogen functional groups attached to an aromatic ring is 1. The molecule has 2 fully saturated rings. The molecule has 11 heteroatoms. The fourth-order valence-corrected chi connectivity index (χ4v) is 3.04. The Morgan fingerprint density at radius 3 is 2.88 bits per heavy atom. The molecule has 2 aromatic rings. The molecule has 11 nitrogen and oxygen atoms in total. The first kappa shape index (κ1) is 16.4. The lowest BCUT2D eigenvalue weighted by molar-refractivity contribution is -0.0432. The number of anilines is 1. The number of aliphatic hydroxyl groups excluding tert-OH is 3. The molecule has 4 heterocycles. The van der Waals surface area contributed by atoms with Crippen molar-refractivity contribution in [3.8, 4) is 0 Å². The average Bonchev–Trinajstić information content (AvgIpc) is 3.25. The fourth-order valence-electron chi connectivity index (χ4n) is 3.04. The first-order valence-corrected chi connectivity index (χ1v) is 7.96. The van der Waals surface area contributed by atoms with Crippen LogP contribution in [-0.4, -0.2) is 72.1 Å². The van der Waals surface area contributed by atoms with Crippen molar-refractivity contribution in [2.45, 2.75) is 43.6 Å². The first-order valence-electron chi connectivity index (χ1n) is 7.96. The Kier molecular flexibility index (Phi) is 3.96. The lowest BCUT2D eigenvalue weighted by Crippen LogP contribution is -2.32. The van der Waals surface area contributed by atoms with Gasteiger partial charge in [-0.05, 0) is 0 Å². The molecule has 2 aromatic heterocycles. The van der Waals surface area contributed by atoms with Crippen molar-refractivity contribution in [1.29, 1.82) is 0 Å². The molecule has 25 heavy (non-hydrogen) atoms. The summed E-state index contributed by atoms with van der Waals surface area (Å²) in [5.74, 6) is -0.0591. The molecule has 136 valence electrons. The topological polar surface area (TPSA) is 161 Å². The summed E-state index contributed by atoms with van der Waals surface area (Å²) in [5, 5.41) is 29.0. The van der Waals surface area contributed by atoms with Crippen molar-refractivity contribution in [3.05, 3.63) is 16.7 Å². The minimum absolute atomic E-state index is 0.0314. The summed E-state index contributed by atoms with van der Waals surface area (Å²) in [7, 11) is 0. The molecule has 0 spiro atoms. The maximum atomic E-state index is 12.6. The molecule has 4 rings (SSSR count). The molecule has 5 atom stereocenters. The van der Waals surface area contributed by atoms with Crippen molar-refractivity contribution < 1.29 is 24.8 Å². The zero-order chi connectivity index (χ0) is 17.7. The fraction of sp³-hybridized carbons (Fsp3) is 0.643. The Morgan fingerprint density at radius 2 is 2.24 bits per heavy atom. The summed E-state index contributed by atoms with van der Waals surface area (Å²) in [6.45, 7) is 0.109. The van der Waals surface area contributed by atoms with Crippen LogP contribution in [0, 0.1) is 0 Å². The van der Waals surface area contributed by atoms with Gasteiger partial charge in [0.2, 0.25) is 5.95 Å². The van der Waals surface area contributed by atoms with Crippen molar-refractivity contribution in [2.75, 3.05) is 18.9 Å². The van der Waals surface area contributed by atoms with E-state index in [4.69, 9.17) is 15.2 Å². The normalized spacial score (nSPS) is 30.0. The summed E-state index contributed by atoms with van der Waals surface area (Å²) in [6, 6.07) is 0. The van der Waals surface area contributed by atoms with Gasteiger partial charge in [0, 0.05) is 6.42 Å². The number of nitrogens with two attached hydrogens (primary N) is 1. The van der Waals surface area contributed by atoms with Gasteiger partial charge in [-0.1, -0.05) is 0 Å². The number of aromatic nitrogens is 4. The van der Waals surface area contributed by atoms with Crippen molar-refractivity contribution in [1.82, 2.24) is 19.1 Å². The highest BCUT2D eigenvalue weighted by Crippen LogP contribution is 2.30. The monoisotopic (exact) mass is 353 g/mol. The third kappa shape index (κ3) is 2.79. The number of epoxide rings is 1. The number of hydrogen-bond acceptors (Lipinski definition) is 9. The number of rotatable bonds is 5. The second kappa shape index (κ2) is 6.04. The molecule has 0 bridgehead atoms. The van der Waals surface area contributed by atoms with Gasteiger partial charge in [-0.25, -0.2) is 4.98 Å². The number of imidazole rings is 1. The van der Waals surface area contributed by atoms with E-state index in [-0.39, 0.29) is 42.8 Å². The third-order valence-corrected chi connectivity index (χ3v) is 4.56. The summed E-state index contributed by atoms with van der Waals surface area (Å²) in [6.07, 6.45) is -1.64. The number of hydrogen-bond donors (Lipinski definition) is 4. The zero-order valence-electron chi connectivity index (χ0n) is 13.2. The molecule has 3 unspecified atom stereocenters. The van der Waals surface area contributed by atoms with Crippen LogP contribution in [0.3, 0.4) is 0 Å². The van der Waals surface area contributed by atoms with E-state index in [1.54, 1.807) is 0 Å². The molecule has 0 amide bonds. The Balaban J connectivity index is 1.69. The summed E-state index contributed by atoms with van der Waals surface area (Å²) < 4.78 is 13.2. The van der Waals surface area contributed by atoms with Gasteiger partial charge in [-0.2, -0.15) is 4.98 Å². The molecule has 0 saturated carbocycles. The molecular weight excluding hydrogens is 334 g/mol. The highest BCUT2D eigenvalue weighted by molar-refractivity contribution is 5.71. The van der Waals surface area contributed by atoms with Crippen LogP contribution in [-0.2, 0) is 16.0 Å². The van der Waals surface area contributed by atoms with E-state index in [0.29, 0.717) is 6.61 Å². The highest BCUT2D eigenvalue weighted by Gasteiger charge is 2.36. The van der Waals surface area contributed by atoms with Crippen molar-refractivity contribution in [2.24, 2.45) is 0 Å². The lowest BCUT2D eigenvalue weighted by Gasteiger charge is -2.15. The van der Waals surface area contributed by atoms with Crippen molar-refractivity contribution in [3.63, 3.8) is 0 Å². The Hall–Kier alpha value is -2.05. The molecular formula is C14H19N5O6. The maximum Gasteiger partial charge on any atom is 0.283 e. The van der Waals surface area contributed by atoms with E-state index in [1.807, 2.05) is 0 Å². The number of ether oxygens (including phenoxy) is 2. The van der Waals surface area contributed by atoms with Gasteiger partial charge < -0.3 is 30.5 Å². The van der Waals surface area contributed by atoms with Crippen LogP contribution in [0.2, 0.25) is 0 Å². The third-order valence-electron chi connectivity index (χ3n) is 4.56. The summed E-state index contributed by atoms with van der Waals surface area (Å²) >= 11 is 0. The quantitative estimate of drug-likeness (QED) is 0.428. The van der Waals surface area contributed by atoms with E-state index in [0.717, 1.165) is 4.57 Å². The van der Waals surface area contributed by atoms with Crippen LogP contribution in [0.25, 0.3) is 11.2 Å². The molecule has 2 saturated heterocycles. The average molecular weight is 353 g/mol. The number of aliphatic hydroxyl groups is 3. The van der Waals surface area contributed by atoms with Crippen LogP contribution in [0.15, 0.2) is 11.1 Å². The zero-order valence-corrected chi connectivity index (χ0v) is 13.2. The number of fused-ring (bicyclic) bond motifs is 1. The highest BCUT2D eigenvalue weighted by atomic mass is 16.6. The van der Waals surface area contributed by atoms with E-state index in [1.165, 1.54) is 10.9 Å². The van der Waals surface area contributed by atoms with Gasteiger partial charge in [-0.15, -0.1) is 0 Å². The Bertz CT molecular complexity index is 846. The molecule has 5 N–H and O–H groups in total. The largest absolute Gasteiger partial charge is 0.394 e. The Morgan fingerprint density at radius 1 is 1.48 bits per heavy atom. The molecule has 0 aromatic carbocycles. The molecule has 2 aliphatic heterocycles. The van der Waals surface area contributed by atoms with Crippen LogP contribution < -0.4 is 11.3 Å². The number of nitrogens with zero attached hydrogens (tertiary/aromatic N) is 4. The van der Waals surface area contributed by atoms with Crippen LogP contribution in [0.4, 0.5) is 5.95 Å². The van der Waals surface area contributed by atoms with Crippen LogP contribution in [0.5, 0.6) is 0 Å². The Labute approximate surface area is 141 Å². The second-order valence-corrected chi connectivity index (χ2v) is 6.26. The van der Waals surface area contributed by atoms with Gasteiger partial charge >= 0.3 is 0 Å². The first-order chi connectivity index (χ1) is 12.0. The SMILES string of the molecule is Nc1nc2c(ncn2[C@H]2CC(O)[C@@H](CO)O2)c(=O)n1CC(O)C1CO1. The van der Waals surface area contributed by atoms with E-state index < -0.39 is 30.1 Å². The smallest absolute Gasteiger partial charge is 0.283 e. The van der Waals surface area contributed by atoms with Crippen LogP contribution in [0.1, 0.15) is 12.6 Å². The van der Waals surface area contributed by atoms with Crippen LogP contribution >= 0.6 is 0 Å².